The molecular formula is C11H20N2S2. The Morgan fingerprint density at radius 2 is 2.00 bits per heavy atom. The predicted molar refractivity (Wildman–Crippen MR) is 72.0 cm³/mol. The predicted octanol–water partition coefficient (Wildman–Crippen LogP) is 2.60. The number of thioether (sulfide) groups is 2. The molecule has 0 aromatic rings. The van der Waals surface area contributed by atoms with E-state index in [4.69, 9.17) is 4.99 Å². The molecule has 86 valence electrons. The van der Waals surface area contributed by atoms with E-state index < -0.39 is 0 Å². The third-order valence-corrected chi connectivity index (χ3v) is 5.41. The third kappa shape index (κ3) is 3.31. The van der Waals surface area contributed by atoms with Crippen LogP contribution in [-0.4, -0.2) is 34.5 Å². The van der Waals surface area contributed by atoms with Crippen molar-refractivity contribution in [3.8, 4) is 0 Å². The third-order valence-electron chi connectivity index (χ3n) is 3.18. The van der Waals surface area contributed by atoms with Crippen molar-refractivity contribution in [1.29, 1.82) is 0 Å². The molecule has 1 fully saturated rings. The minimum absolute atomic E-state index is 0.492. The van der Waals surface area contributed by atoms with Crippen molar-refractivity contribution in [3.05, 3.63) is 0 Å². The fourth-order valence-corrected chi connectivity index (χ4v) is 4.09. The number of nitrogens with zero attached hydrogens (tertiary/aromatic N) is 1. The SMILES string of the molecule is CC1CSC(NC2CCSCC2)=NC1C. The fourth-order valence-electron chi connectivity index (χ4n) is 1.79. The van der Waals surface area contributed by atoms with E-state index in [1.165, 1.54) is 35.3 Å². The average molecular weight is 244 g/mol. The van der Waals surface area contributed by atoms with E-state index in [-0.39, 0.29) is 0 Å². The van der Waals surface area contributed by atoms with Crippen LogP contribution in [0.15, 0.2) is 4.99 Å². The largest absolute Gasteiger partial charge is 0.362 e. The molecule has 2 aliphatic rings. The summed E-state index contributed by atoms with van der Waals surface area (Å²) in [7, 11) is 0. The Morgan fingerprint density at radius 1 is 1.27 bits per heavy atom. The van der Waals surface area contributed by atoms with Gasteiger partial charge in [-0.05, 0) is 37.2 Å². The van der Waals surface area contributed by atoms with Gasteiger partial charge in [-0.25, -0.2) is 0 Å². The molecule has 2 unspecified atom stereocenters. The molecule has 1 saturated heterocycles. The van der Waals surface area contributed by atoms with Crippen LogP contribution in [0.5, 0.6) is 0 Å². The van der Waals surface area contributed by atoms with E-state index in [1.807, 2.05) is 11.8 Å². The zero-order valence-corrected chi connectivity index (χ0v) is 11.2. The highest BCUT2D eigenvalue weighted by Crippen LogP contribution is 2.23. The van der Waals surface area contributed by atoms with Crippen LogP contribution in [0.4, 0.5) is 0 Å². The molecule has 2 atom stereocenters. The molecule has 0 spiro atoms. The average Bonchev–Trinajstić information content (AvgIpc) is 2.25. The second kappa shape index (κ2) is 5.48. The second-order valence-corrected chi connectivity index (χ2v) is 6.73. The number of rotatable bonds is 1. The van der Waals surface area contributed by atoms with E-state index in [9.17, 15) is 0 Å². The molecule has 0 amide bonds. The normalized spacial score (nSPS) is 33.6. The molecule has 2 aliphatic heterocycles. The topological polar surface area (TPSA) is 24.4 Å². The van der Waals surface area contributed by atoms with Gasteiger partial charge in [0.05, 0.1) is 6.04 Å². The first-order chi connectivity index (χ1) is 7.25. The van der Waals surface area contributed by atoms with E-state index in [2.05, 4.69) is 30.9 Å². The summed E-state index contributed by atoms with van der Waals surface area (Å²) >= 11 is 3.98. The lowest BCUT2D eigenvalue weighted by Crippen LogP contribution is -2.39. The first kappa shape index (κ1) is 11.6. The Kier molecular flexibility index (Phi) is 4.26. The number of amidine groups is 1. The van der Waals surface area contributed by atoms with Crippen molar-refractivity contribution >= 4 is 28.7 Å². The van der Waals surface area contributed by atoms with Crippen molar-refractivity contribution in [2.24, 2.45) is 10.9 Å². The molecule has 2 nitrogen and oxygen atoms in total. The highest BCUT2D eigenvalue weighted by atomic mass is 32.2. The van der Waals surface area contributed by atoms with Crippen LogP contribution in [0.3, 0.4) is 0 Å². The van der Waals surface area contributed by atoms with Gasteiger partial charge in [-0.3, -0.25) is 4.99 Å². The maximum absolute atomic E-state index is 4.72. The summed E-state index contributed by atoms with van der Waals surface area (Å²) in [4.78, 5) is 4.72. The number of aliphatic imine (C=N–C) groups is 1. The van der Waals surface area contributed by atoms with Gasteiger partial charge in [0.1, 0.15) is 0 Å². The maximum atomic E-state index is 4.72. The Morgan fingerprint density at radius 3 is 2.67 bits per heavy atom. The Labute approximate surface area is 101 Å². The van der Waals surface area contributed by atoms with Crippen molar-refractivity contribution in [1.82, 2.24) is 5.32 Å². The van der Waals surface area contributed by atoms with Crippen LogP contribution in [0, 0.1) is 5.92 Å². The van der Waals surface area contributed by atoms with Gasteiger partial charge in [-0.2, -0.15) is 11.8 Å². The Balaban J connectivity index is 1.85. The first-order valence-electron chi connectivity index (χ1n) is 5.80. The highest BCUT2D eigenvalue weighted by Gasteiger charge is 2.21. The fraction of sp³-hybridized carbons (Fsp3) is 0.909. The summed E-state index contributed by atoms with van der Waals surface area (Å²) in [5.74, 6) is 4.56. The minimum Gasteiger partial charge on any atom is -0.362 e. The molecule has 0 aromatic carbocycles. The van der Waals surface area contributed by atoms with E-state index in [1.54, 1.807) is 0 Å². The highest BCUT2D eigenvalue weighted by molar-refractivity contribution is 8.13. The summed E-state index contributed by atoms with van der Waals surface area (Å²) in [6.07, 6.45) is 2.60. The summed E-state index contributed by atoms with van der Waals surface area (Å²) in [5, 5.41) is 4.80. The van der Waals surface area contributed by atoms with Crippen LogP contribution in [0.25, 0.3) is 0 Å². The van der Waals surface area contributed by atoms with Gasteiger partial charge in [0.25, 0.3) is 0 Å². The van der Waals surface area contributed by atoms with Crippen LogP contribution in [0.1, 0.15) is 26.7 Å². The van der Waals surface area contributed by atoms with Gasteiger partial charge in [0.15, 0.2) is 5.17 Å². The number of hydrogen-bond acceptors (Lipinski definition) is 4. The Hall–Kier alpha value is 0.170. The van der Waals surface area contributed by atoms with Crippen LogP contribution < -0.4 is 5.32 Å². The lowest BCUT2D eigenvalue weighted by Gasteiger charge is -2.28. The minimum atomic E-state index is 0.492. The molecule has 1 N–H and O–H groups in total. The van der Waals surface area contributed by atoms with E-state index in [0.717, 1.165) is 5.92 Å². The second-order valence-electron chi connectivity index (χ2n) is 4.49. The van der Waals surface area contributed by atoms with Gasteiger partial charge in [-0.1, -0.05) is 18.7 Å². The Bertz CT molecular complexity index is 237. The molecule has 15 heavy (non-hydrogen) atoms. The van der Waals surface area contributed by atoms with Gasteiger partial charge < -0.3 is 5.32 Å². The van der Waals surface area contributed by atoms with Crippen molar-refractivity contribution in [3.63, 3.8) is 0 Å². The zero-order valence-electron chi connectivity index (χ0n) is 9.53. The van der Waals surface area contributed by atoms with E-state index >= 15 is 0 Å². The molecule has 0 radical (unpaired) electrons. The summed E-state index contributed by atoms with van der Waals surface area (Å²) < 4.78 is 0. The lowest BCUT2D eigenvalue weighted by molar-refractivity contribution is 0.523. The molecule has 0 saturated carbocycles. The van der Waals surface area contributed by atoms with Crippen LogP contribution in [-0.2, 0) is 0 Å². The number of hydrogen-bond donors (Lipinski definition) is 1. The molecule has 4 heteroatoms. The first-order valence-corrected chi connectivity index (χ1v) is 7.94. The van der Waals surface area contributed by atoms with Crippen molar-refractivity contribution in [2.45, 2.75) is 38.8 Å². The molecule has 2 heterocycles. The van der Waals surface area contributed by atoms with Gasteiger partial charge >= 0.3 is 0 Å². The summed E-state index contributed by atoms with van der Waals surface area (Å²) in [6, 6.07) is 1.17. The molecule has 2 rings (SSSR count). The van der Waals surface area contributed by atoms with Crippen LogP contribution >= 0.6 is 23.5 Å². The smallest absolute Gasteiger partial charge is 0.157 e. The van der Waals surface area contributed by atoms with Crippen LogP contribution in [0.2, 0.25) is 0 Å². The molecule has 0 bridgehead atoms. The quantitative estimate of drug-likeness (QED) is 0.767. The zero-order chi connectivity index (χ0) is 10.7. The summed E-state index contributed by atoms with van der Waals surface area (Å²) in [6.45, 7) is 4.51. The van der Waals surface area contributed by atoms with Gasteiger partial charge in [0.2, 0.25) is 0 Å². The lowest BCUT2D eigenvalue weighted by atomic mass is 10.1. The molecule has 0 aromatic heterocycles. The monoisotopic (exact) mass is 244 g/mol. The number of nitrogens with one attached hydrogen (secondary N) is 1. The van der Waals surface area contributed by atoms with E-state index in [0.29, 0.717) is 12.1 Å². The molecule has 0 aliphatic carbocycles. The molecular weight excluding hydrogens is 224 g/mol. The summed E-state index contributed by atoms with van der Waals surface area (Å²) in [5.41, 5.74) is 0. The van der Waals surface area contributed by atoms with Gasteiger partial charge in [-0.15, -0.1) is 0 Å². The standard InChI is InChI=1S/C11H20N2S2/c1-8-7-15-11(12-9(8)2)13-10-3-5-14-6-4-10/h8-10H,3-7H2,1-2H3,(H,12,13). The van der Waals surface area contributed by atoms with Crippen molar-refractivity contribution in [2.75, 3.05) is 17.3 Å². The maximum Gasteiger partial charge on any atom is 0.157 e. The van der Waals surface area contributed by atoms with Crippen molar-refractivity contribution < 1.29 is 0 Å². The van der Waals surface area contributed by atoms with Gasteiger partial charge in [0, 0.05) is 11.8 Å².